The molecule has 1 aliphatic rings. The lowest BCUT2D eigenvalue weighted by atomic mass is 9.78. The van der Waals surface area contributed by atoms with Crippen molar-refractivity contribution in [1.29, 1.82) is 10.5 Å². The molecule has 1 saturated heterocycles. The van der Waals surface area contributed by atoms with E-state index in [9.17, 15) is 0 Å². The standard InChI is InChI=1S/C13H15BBrNO2.C7H5BBrNO2.CH4/c1-12(2)13(3,4)18-14(17-12)10-5-9(8-16)6-11(15)7-10;9-7-2-5(4-10)1-6(3-7)8(11)12;/h5-7H,1-4H3;1-3,11-12H;1H4. The quantitative estimate of drug-likeness (QED) is 0.557. The van der Waals surface area contributed by atoms with Gasteiger partial charge in [-0.15, -0.1) is 0 Å². The van der Waals surface area contributed by atoms with Gasteiger partial charge in [0.2, 0.25) is 0 Å². The van der Waals surface area contributed by atoms with E-state index in [-0.39, 0.29) is 18.6 Å². The summed E-state index contributed by atoms with van der Waals surface area (Å²) in [7, 11) is -1.96. The van der Waals surface area contributed by atoms with Gasteiger partial charge in [0.25, 0.3) is 0 Å². The second-order valence-electron chi connectivity index (χ2n) is 7.73. The van der Waals surface area contributed by atoms with E-state index in [0.717, 1.165) is 9.94 Å². The molecule has 3 rings (SSSR count). The first kappa shape index (κ1) is 27.4. The van der Waals surface area contributed by atoms with E-state index >= 15 is 0 Å². The van der Waals surface area contributed by atoms with Crippen molar-refractivity contribution in [2.24, 2.45) is 0 Å². The van der Waals surface area contributed by atoms with Crippen LogP contribution in [0.2, 0.25) is 0 Å². The zero-order valence-electron chi connectivity index (χ0n) is 17.0. The van der Waals surface area contributed by atoms with Crippen LogP contribution in [0.3, 0.4) is 0 Å². The summed E-state index contributed by atoms with van der Waals surface area (Å²) in [5, 5.41) is 35.1. The molecule has 0 amide bonds. The van der Waals surface area contributed by atoms with Crippen LogP contribution in [-0.2, 0) is 9.31 Å². The van der Waals surface area contributed by atoms with Crippen LogP contribution in [0.15, 0.2) is 45.3 Å². The normalized spacial score (nSPS) is 15.6. The average molecular weight is 550 g/mol. The third-order valence-corrected chi connectivity index (χ3v) is 5.84. The second kappa shape index (κ2) is 10.8. The summed E-state index contributed by atoms with van der Waals surface area (Å²) < 4.78 is 13.4. The van der Waals surface area contributed by atoms with E-state index in [2.05, 4.69) is 37.9 Å². The Kier molecular flexibility index (Phi) is 9.52. The molecular weight excluding hydrogens is 526 g/mol. The van der Waals surface area contributed by atoms with E-state index in [0.29, 0.717) is 21.1 Å². The van der Waals surface area contributed by atoms with Crippen molar-refractivity contribution >= 4 is 57.0 Å². The van der Waals surface area contributed by atoms with Crippen molar-refractivity contribution in [1.82, 2.24) is 0 Å². The lowest BCUT2D eigenvalue weighted by Gasteiger charge is -2.32. The summed E-state index contributed by atoms with van der Waals surface area (Å²) in [6.45, 7) is 8.04. The first-order valence-electron chi connectivity index (χ1n) is 9.01. The molecule has 1 aliphatic heterocycles. The van der Waals surface area contributed by atoms with Crippen molar-refractivity contribution in [2.45, 2.75) is 46.3 Å². The molecule has 2 aromatic rings. The van der Waals surface area contributed by atoms with Crippen molar-refractivity contribution in [3.63, 3.8) is 0 Å². The highest BCUT2D eigenvalue weighted by atomic mass is 79.9. The minimum Gasteiger partial charge on any atom is -0.423 e. The highest BCUT2D eigenvalue weighted by Crippen LogP contribution is 2.36. The molecule has 1 heterocycles. The van der Waals surface area contributed by atoms with Gasteiger partial charge in [-0.25, -0.2) is 0 Å². The monoisotopic (exact) mass is 548 g/mol. The molecule has 0 radical (unpaired) electrons. The van der Waals surface area contributed by atoms with Crippen LogP contribution in [-0.4, -0.2) is 35.5 Å². The fourth-order valence-corrected chi connectivity index (χ4v) is 3.64. The van der Waals surface area contributed by atoms with E-state index < -0.39 is 14.2 Å². The van der Waals surface area contributed by atoms with Crippen LogP contribution in [0, 0.1) is 22.7 Å². The fraction of sp³-hybridized carbons (Fsp3) is 0.333. The Morgan fingerprint density at radius 3 is 1.74 bits per heavy atom. The molecular formula is C21H24B2Br2N2O4. The van der Waals surface area contributed by atoms with Gasteiger partial charge in [-0.3, -0.25) is 0 Å². The van der Waals surface area contributed by atoms with E-state index in [4.69, 9.17) is 29.9 Å². The zero-order valence-corrected chi connectivity index (χ0v) is 20.2. The number of halogens is 2. The number of hydrogen-bond donors (Lipinski definition) is 2. The largest absolute Gasteiger partial charge is 0.494 e. The predicted octanol–water partition coefficient (Wildman–Crippen LogP) is 3.26. The predicted molar refractivity (Wildman–Crippen MR) is 130 cm³/mol. The lowest BCUT2D eigenvalue weighted by molar-refractivity contribution is 0.00578. The highest BCUT2D eigenvalue weighted by Gasteiger charge is 2.51. The summed E-state index contributed by atoms with van der Waals surface area (Å²) in [5.41, 5.74) is 1.42. The SMILES string of the molecule is C.CC1(C)OB(c2cc(Br)cc(C#N)c2)OC1(C)C.N#Cc1cc(Br)cc(B(O)O)c1. The maximum absolute atomic E-state index is 8.98. The molecule has 2 aromatic carbocycles. The van der Waals surface area contributed by atoms with E-state index in [1.165, 1.54) is 6.07 Å². The molecule has 0 saturated carbocycles. The zero-order chi connectivity index (χ0) is 22.7. The molecule has 0 atom stereocenters. The Balaban J connectivity index is 0.000000324. The van der Waals surface area contributed by atoms with Gasteiger partial charge in [0.15, 0.2) is 0 Å². The molecule has 31 heavy (non-hydrogen) atoms. The van der Waals surface area contributed by atoms with Crippen molar-refractivity contribution in [2.75, 3.05) is 0 Å². The molecule has 10 heteroatoms. The summed E-state index contributed by atoms with van der Waals surface area (Å²) in [6.07, 6.45) is 0. The van der Waals surface area contributed by atoms with Crippen LogP contribution in [0.4, 0.5) is 0 Å². The van der Waals surface area contributed by atoms with E-state index in [1.54, 1.807) is 24.3 Å². The van der Waals surface area contributed by atoms with Crippen molar-refractivity contribution in [3.05, 3.63) is 56.5 Å². The Morgan fingerprint density at radius 2 is 1.29 bits per heavy atom. The third-order valence-electron chi connectivity index (χ3n) is 4.92. The number of benzene rings is 2. The summed E-state index contributed by atoms with van der Waals surface area (Å²) in [6, 6.07) is 14.1. The summed E-state index contributed by atoms with van der Waals surface area (Å²) >= 11 is 6.54. The molecule has 2 N–H and O–H groups in total. The highest BCUT2D eigenvalue weighted by molar-refractivity contribution is 9.10. The van der Waals surface area contributed by atoms with Gasteiger partial charge in [-0.1, -0.05) is 39.3 Å². The Hall–Kier alpha value is -1.65. The van der Waals surface area contributed by atoms with Gasteiger partial charge in [-0.05, 0) is 75.0 Å². The maximum atomic E-state index is 8.98. The third kappa shape index (κ3) is 6.92. The molecule has 0 aromatic heterocycles. The molecule has 0 spiro atoms. The lowest BCUT2D eigenvalue weighted by Crippen LogP contribution is -2.41. The van der Waals surface area contributed by atoms with Gasteiger partial charge in [0.05, 0.1) is 34.5 Å². The number of nitrogens with zero attached hydrogens (tertiary/aromatic N) is 2. The smallest absolute Gasteiger partial charge is 0.423 e. The van der Waals surface area contributed by atoms with Gasteiger partial charge < -0.3 is 19.4 Å². The Labute approximate surface area is 201 Å². The molecule has 162 valence electrons. The minimum absolute atomic E-state index is 0. The van der Waals surface area contributed by atoms with Crippen LogP contribution in [0.5, 0.6) is 0 Å². The van der Waals surface area contributed by atoms with E-state index in [1.807, 2.05) is 39.8 Å². The molecule has 0 unspecified atom stereocenters. The van der Waals surface area contributed by atoms with Crippen LogP contribution in [0.25, 0.3) is 0 Å². The van der Waals surface area contributed by atoms with Crippen LogP contribution >= 0.6 is 31.9 Å². The number of rotatable bonds is 2. The first-order chi connectivity index (χ1) is 13.9. The fourth-order valence-electron chi connectivity index (χ4n) is 2.62. The topological polar surface area (TPSA) is 106 Å². The van der Waals surface area contributed by atoms with Gasteiger partial charge in [0, 0.05) is 8.95 Å². The van der Waals surface area contributed by atoms with Crippen molar-refractivity contribution < 1.29 is 19.4 Å². The number of hydrogen-bond acceptors (Lipinski definition) is 6. The minimum atomic E-state index is -1.53. The summed E-state index contributed by atoms with van der Waals surface area (Å²) in [5.74, 6) is 0. The van der Waals surface area contributed by atoms with Crippen LogP contribution < -0.4 is 10.9 Å². The Bertz CT molecular complexity index is 1000. The summed E-state index contributed by atoms with van der Waals surface area (Å²) in [4.78, 5) is 0. The molecule has 0 bridgehead atoms. The first-order valence-corrected chi connectivity index (χ1v) is 10.6. The Morgan fingerprint density at radius 1 is 0.839 bits per heavy atom. The second-order valence-corrected chi connectivity index (χ2v) is 9.56. The van der Waals surface area contributed by atoms with Crippen LogP contribution in [0.1, 0.15) is 46.2 Å². The van der Waals surface area contributed by atoms with Gasteiger partial charge in [-0.2, -0.15) is 10.5 Å². The maximum Gasteiger partial charge on any atom is 0.494 e. The number of nitriles is 2. The van der Waals surface area contributed by atoms with Gasteiger partial charge in [0.1, 0.15) is 0 Å². The van der Waals surface area contributed by atoms with Crippen molar-refractivity contribution in [3.8, 4) is 12.1 Å². The molecule has 6 nitrogen and oxygen atoms in total. The molecule has 0 aliphatic carbocycles. The average Bonchev–Trinajstić information content (AvgIpc) is 2.88. The molecule has 1 fully saturated rings. The van der Waals surface area contributed by atoms with Gasteiger partial charge >= 0.3 is 14.2 Å².